The topological polar surface area (TPSA) is 74.8 Å². The maximum atomic E-state index is 12.4. The van der Waals surface area contributed by atoms with Gasteiger partial charge in [-0.15, -0.1) is 0 Å². The lowest BCUT2D eigenvalue weighted by molar-refractivity contribution is -0.120. The maximum absolute atomic E-state index is 12.4. The number of amides is 1. The first-order chi connectivity index (χ1) is 13.1. The molecule has 6 nitrogen and oxygen atoms in total. The van der Waals surface area contributed by atoms with Crippen LogP contribution in [0.5, 0.6) is 0 Å². The summed E-state index contributed by atoms with van der Waals surface area (Å²) >= 11 is 0. The SMILES string of the molecule is CCNC(=NCc1cccc(NC(=O)C2CCCCC2)c1)NC(C)COC. The van der Waals surface area contributed by atoms with E-state index in [4.69, 9.17) is 4.74 Å². The fraction of sp³-hybridized carbons (Fsp3) is 0.619. The quantitative estimate of drug-likeness (QED) is 0.482. The number of nitrogens with zero attached hydrogens (tertiary/aromatic N) is 1. The second-order valence-corrected chi connectivity index (χ2v) is 7.22. The number of carbonyl (C=O) groups is 1. The Hall–Kier alpha value is -2.08. The minimum atomic E-state index is 0.152. The van der Waals surface area contributed by atoms with E-state index >= 15 is 0 Å². The Morgan fingerprint density at radius 1 is 1.30 bits per heavy atom. The van der Waals surface area contributed by atoms with Gasteiger partial charge in [0.15, 0.2) is 5.96 Å². The van der Waals surface area contributed by atoms with Crippen LogP contribution in [0.3, 0.4) is 0 Å². The van der Waals surface area contributed by atoms with Crippen molar-refractivity contribution in [1.82, 2.24) is 10.6 Å². The van der Waals surface area contributed by atoms with Crippen LogP contribution in [0, 0.1) is 5.92 Å². The number of hydrogen-bond acceptors (Lipinski definition) is 3. The van der Waals surface area contributed by atoms with Crippen molar-refractivity contribution in [1.29, 1.82) is 0 Å². The molecule has 1 aromatic carbocycles. The molecule has 1 unspecified atom stereocenters. The fourth-order valence-corrected chi connectivity index (χ4v) is 3.37. The summed E-state index contributed by atoms with van der Waals surface area (Å²) in [6, 6.07) is 8.12. The van der Waals surface area contributed by atoms with Gasteiger partial charge in [0.25, 0.3) is 0 Å². The molecule has 1 aliphatic rings. The number of anilines is 1. The van der Waals surface area contributed by atoms with Gasteiger partial charge in [0.1, 0.15) is 0 Å². The Morgan fingerprint density at radius 2 is 2.07 bits per heavy atom. The number of ether oxygens (including phenoxy) is 1. The molecular formula is C21H34N4O2. The molecule has 0 spiro atoms. The summed E-state index contributed by atoms with van der Waals surface area (Å²) in [4.78, 5) is 17.1. The first-order valence-corrected chi connectivity index (χ1v) is 10.1. The van der Waals surface area contributed by atoms with Crippen molar-refractivity contribution in [3.8, 4) is 0 Å². The lowest BCUT2D eigenvalue weighted by atomic mass is 9.88. The highest BCUT2D eigenvalue weighted by Gasteiger charge is 2.21. The number of hydrogen-bond donors (Lipinski definition) is 3. The van der Waals surface area contributed by atoms with Gasteiger partial charge in [-0.3, -0.25) is 4.79 Å². The second kappa shape index (κ2) is 11.6. The number of carbonyl (C=O) groups excluding carboxylic acids is 1. The van der Waals surface area contributed by atoms with Gasteiger partial charge in [0.05, 0.1) is 13.2 Å². The van der Waals surface area contributed by atoms with Crippen LogP contribution in [-0.4, -0.2) is 38.2 Å². The predicted octanol–water partition coefficient (Wildman–Crippen LogP) is 3.30. The van der Waals surface area contributed by atoms with E-state index in [2.05, 4.69) is 27.9 Å². The predicted molar refractivity (Wildman–Crippen MR) is 111 cm³/mol. The molecule has 0 radical (unpaired) electrons. The highest BCUT2D eigenvalue weighted by atomic mass is 16.5. The standard InChI is InChI=1S/C21H34N4O2/c1-4-22-21(24-16(2)15-27-3)23-14-17-9-8-12-19(13-17)25-20(26)18-10-6-5-7-11-18/h8-9,12-13,16,18H,4-7,10-11,14-15H2,1-3H3,(H,25,26)(H2,22,23,24). The number of guanidine groups is 1. The molecule has 1 atom stereocenters. The summed E-state index contributed by atoms with van der Waals surface area (Å²) in [5.41, 5.74) is 1.91. The lowest BCUT2D eigenvalue weighted by Gasteiger charge is -2.20. The minimum Gasteiger partial charge on any atom is -0.383 e. The largest absolute Gasteiger partial charge is 0.383 e. The molecule has 3 N–H and O–H groups in total. The summed E-state index contributed by atoms with van der Waals surface area (Å²) < 4.78 is 5.16. The molecule has 27 heavy (non-hydrogen) atoms. The third kappa shape index (κ3) is 7.59. The zero-order chi connectivity index (χ0) is 19.5. The van der Waals surface area contributed by atoms with Gasteiger partial charge >= 0.3 is 0 Å². The Balaban J connectivity index is 1.95. The van der Waals surface area contributed by atoms with Crippen LogP contribution >= 0.6 is 0 Å². The molecule has 0 aromatic heterocycles. The number of rotatable bonds is 8. The van der Waals surface area contributed by atoms with Crippen LogP contribution in [0.15, 0.2) is 29.3 Å². The first-order valence-electron chi connectivity index (χ1n) is 10.1. The van der Waals surface area contributed by atoms with Gasteiger partial charge in [-0.2, -0.15) is 0 Å². The highest BCUT2D eigenvalue weighted by molar-refractivity contribution is 5.92. The molecule has 0 bridgehead atoms. The van der Waals surface area contributed by atoms with E-state index in [-0.39, 0.29) is 17.9 Å². The molecule has 1 amide bonds. The summed E-state index contributed by atoms with van der Waals surface area (Å²) in [5, 5.41) is 9.65. The van der Waals surface area contributed by atoms with Crippen molar-refractivity contribution in [3.63, 3.8) is 0 Å². The number of nitrogens with one attached hydrogen (secondary N) is 3. The minimum absolute atomic E-state index is 0.152. The third-order valence-electron chi connectivity index (χ3n) is 4.73. The molecule has 2 rings (SSSR count). The zero-order valence-corrected chi connectivity index (χ0v) is 16.9. The monoisotopic (exact) mass is 374 g/mol. The van der Waals surface area contributed by atoms with E-state index in [1.165, 1.54) is 6.42 Å². The molecular weight excluding hydrogens is 340 g/mol. The molecule has 0 aliphatic heterocycles. The fourth-order valence-electron chi connectivity index (χ4n) is 3.37. The average Bonchev–Trinajstić information content (AvgIpc) is 2.67. The summed E-state index contributed by atoms with van der Waals surface area (Å²) in [6.07, 6.45) is 5.59. The normalized spacial score (nSPS) is 16.6. The zero-order valence-electron chi connectivity index (χ0n) is 16.9. The van der Waals surface area contributed by atoms with Crippen molar-refractivity contribution >= 4 is 17.6 Å². The number of benzene rings is 1. The van der Waals surface area contributed by atoms with Crippen LogP contribution in [-0.2, 0) is 16.1 Å². The van der Waals surface area contributed by atoms with E-state index in [0.717, 1.165) is 49.4 Å². The van der Waals surface area contributed by atoms with Crippen molar-refractivity contribution in [3.05, 3.63) is 29.8 Å². The smallest absolute Gasteiger partial charge is 0.227 e. The van der Waals surface area contributed by atoms with Crippen LogP contribution in [0.25, 0.3) is 0 Å². The van der Waals surface area contributed by atoms with Gasteiger partial charge in [-0.25, -0.2) is 4.99 Å². The summed E-state index contributed by atoms with van der Waals surface area (Å²) in [5.74, 6) is 1.07. The van der Waals surface area contributed by atoms with E-state index < -0.39 is 0 Å². The molecule has 0 saturated heterocycles. The van der Waals surface area contributed by atoms with E-state index in [9.17, 15) is 4.79 Å². The van der Waals surface area contributed by atoms with Crippen LogP contribution in [0.2, 0.25) is 0 Å². The van der Waals surface area contributed by atoms with Crippen LogP contribution in [0.4, 0.5) is 5.69 Å². The van der Waals surface area contributed by atoms with Gasteiger partial charge in [-0.05, 0) is 44.4 Å². The summed E-state index contributed by atoms with van der Waals surface area (Å²) in [7, 11) is 1.69. The maximum Gasteiger partial charge on any atom is 0.227 e. The highest BCUT2D eigenvalue weighted by Crippen LogP contribution is 2.25. The second-order valence-electron chi connectivity index (χ2n) is 7.22. The molecule has 1 saturated carbocycles. The van der Waals surface area contributed by atoms with Crippen LogP contribution < -0.4 is 16.0 Å². The third-order valence-corrected chi connectivity index (χ3v) is 4.73. The van der Waals surface area contributed by atoms with Crippen molar-refractivity contribution in [2.75, 3.05) is 25.6 Å². The molecule has 1 aromatic rings. The summed E-state index contributed by atoms with van der Waals surface area (Å²) in [6.45, 7) is 6.05. The van der Waals surface area contributed by atoms with Crippen molar-refractivity contribution in [2.45, 2.75) is 58.5 Å². The van der Waals surface area contributed by atoms with Gasteiger partial charge in [0, 0.05) is 31.3 Å². The molecule has 0 heterocycles. The van der Waals surface area contributed by atoms with E-state index in [0.29, 0.717) is 13.2 Å². The van der Waals surface area contributed by atoms with Gasteiger partial charge in [0.2, 0.25) is 5.91 Å². The lowest BCUT2D eigenvalue weighted by Crippen LogP contribution is -2.43. The van der Waals surface area contributed by atoms with E-state index in [1.54, 1.807) is 7.11 Å². The molecule has 6 heteroatoms. The first kappa shape index (κ1) is 21.2. The van der Waals surface area contributed by atoms with Crippen molar-refractivity contribution < 1.29 is 9.53 Å². The number of methoxy groups -OCH3 is 1. The average molecular weight is 375 g/mol. The van der Waals surface area contributed by atoms with Crippen molar-refractivity contribution in [2.24, 2.45) is 10.9 Å². The van der Waals surface area contributed by atoms with Crippen LogP contribution in [0.1, 0.15) is 51.5 Å². The van der Waals surface area contributed by atoms with Gasteiger partial charge in [-0.1, -0.05) is 31.4 Å². The Morgan fingerprint density at radius 3 is 2.78 bits per heavy atom. The molecule has 1 aliphatic carbocycles. The molecule has 1 fully saturated rings. The van der Waals surface area contributed by atoms with Gasteiger partial charge < -0.3 is 20.7 Å². The number of aliphatic imine (C=N–C) groups is 1. The Kier molecular flexibility index (Phi) is 9.11. The Labute approximate surface area is 163 Å². The molecule has 150 valence electrons. The Bertz CT molecular complexity index is 612. The van der Waals surface area contributed by atoms with E-state index in [1.807, 2.05) is 31.2 Å².